The largest absolute Gasteiger partial charge is 0.508 e. The van der Waals surface area contributed by atoms with Crippen molar-refractivity contribution >= 4 is 22.3 Å². The fourth-order valence-corrected chi connectivity index (χ4v) is 8.55. The van der Waals surface area contributed by atoms with Crippen molar-refractivity contribution in [1.29, 1.82) is 5.26 Å². The van der Waals surface area contributed by atoms with Crippen molar-refractivity contribution in [1.82, 2.24) is 15.2 Å². The Morgan fingerprint density at radius 3 is 2.61 bits per heavy atom. The van der Waals surface area contributed by atoms with Gasteiger partial charge in [-0.1, -0.05) is 24.3 Å². The maximum atomic E-state index is 10.6. The Morgan fingerprint density at radius 1 is 1.05 bits per heavy atom. The van der Waals surface area contributed by atoms with Gasteiger partial charge in [-0.05, 0) is 69.5 Å². The predicted molar refractivity (Wildman–Crippen MR) is 160 cm³/mol. The number of nitrogens with one attached hydrogen (secondary N) is 1. The van der Waals surface area contributed by atoms with Crippen molar-refractivity contribution in [3.8, 4) is 17.7 Å². The summed E-state index contributed by atoms with van der Waals surface area (Å²) in [5.41, 5.74) is 3.92. The van der Waals surface area contributed by atoms with E-state index in [-0.39, 0.29) is 11.3 Å². The molecule has 0 spiro atoms. The molecule has 2 aromatic carbocycles. The van der Waals surface area contributed by atoms with Crippen LogP contribution in [0.4, 0.5) is 11.5 Å². The monoisotopic (exact) mass is 550 g/mol. The summed E-state index contributed by atoms with van der Waals surface area (Å²) in [5.74, 6) is 1.81. The van der Waals surface area contributed by atoms with E-state index in [1.807, 2.05) is 30.3 Å². The first kappa shape index (κ1) is 25.2. The zero-order chi connectivity index (χ0) is 27.6. The second-order valence-corrected chi connectivity index (χ2v) is 12.7. The second-order valence-electron chi connectivity index (χ2n) is 12.7. The lowest BCUT2D eigenvalue weighted by molar-refractivity contribution is 0.110. The van der Waals surface area contributed by atoms with Crippen LogP contribution in [0.5, 0.6) is 11.6 Å². The Kier molecular flexibility index (Phi) is 6.01. The van der Waals surface area contributed by atoms with E-state index in [1.165, 1.54) is 31.2 Å². The van der Waals surface area contributed by atoms with Crippen molar-refractivity contribution in [3.05, 3.63) is 53.1 Å². The molecule has 6 heterocycles. The van der Waals surface area contributed by atoms with Gasteiger partial charge in [0.15, 0.2) is 0 Å². The summed E-state index contributed by atoms with van der Waals surface area (Å²) >= 11 is 0. The van der Waals surface area contributed by atoms with Crippen molar-refractivity contribution in [2.45, 2.75) is 69.1 Å². The minimum absolute atomic E-state index is 0.0884. The Balaban J connectivity index is 1.22. The molecule has 0 saturated carbocycles. The molecule has 0 radical (unpaired) electrons. The number of anilines is 2. The molecule has 8 heteroatoms. The molecule has 8 rings (SSSR count). The first-order valence-electron chi connectivity index (χ1n) is 15.4. The maximum absolute atomic E-state index is 10.6. The highest BCUT2D eigenvalue weighted by Gasteiger charge is 2.45. The summed E-state index contributed by atoms with van der Waals surface area (Å²) in [6, 6.07) is 15.3. The minimum Gasteiger partial charge on any atom is -0.508 e. The number of rotatable bonds is 5. The number of phenols is 1. The van der Waals surface area contributed by atoms with Crippen LogP contribution in [0, 0.1) is 11.3 Å². The number of phenolic OH excluding ortho intramolecular Hbond substituents is 1. The molecule has 212 valence electrons. The van der Waals surface area contributed by atoms with E-state index in [4.69, 9.17) is 9.72 Å². The summed E-state index contributed by atoms with van der Waals surface area (Å²) in [4.78, 5) is 12.7. The van der Waals surface area contributed by atoms with Crippen LogP contribution in [-0.4, -0.2) is 71.9 Å². The SMILES string of the molecule is N#Cc1c(OCC23CCCN2CCC3)nc(N2C3CCC2CNC3)c2c1CN(c1cc(O)cc3ccccc13)CC2. The summed E-state index contributed by atoms with van der Waals surface area (Å²) in [6.07, 6.45) is 7.90. The van der Waals surface area contributed by atoms with Crippen LogP contribution >= 0.6 is 0 Å². The van der Waals surface area contributed by atoms with Crippen molar-refractivity contribution in [3.63, 3.8) is 0 Å². The molecule has 2 atom stereocenters. The number of hydrogen-bond acceptors (Lipinski definition) is 8. The minimum atomic E-state index is 0.0884. The summed E-state index contributed by atoms with van der Waals surface area (Å²) in [5, 5.41) is 26.9. The molecular formula is C33H38N6O2. The van der Waals surface area contributed by atoms with Gasteiger partial charge in [0, 0.05) is 66.5 Å². The topological polar surface area (TPSA) is 87.9 Å². The first-order chi connectivity index (χ1) is 20.1. The lowest BCUT2D eigenvalue weighted by Crippen LogP contribution is -2.53. The van der Waals surface area contributed by atoms with E-state index in [9.17, 15) is 10.4 Å². The van der Waals surface area contributed by atoms with E-state index >= 15 is 0 Å². The third-order valence-electron chi connectivity index (χ3n) is 10.5. The highest BCUT2D eigenvalue weighted by molar-refractivity contribution is 5.95. The van der Waals surface area contributed by atoms with Crippen LogP contribution in [-0.2, 0) is 13.0 Å². The molecule has 3 aromatic rings. The third kappa shape index (κ3) is 4.04. The number of ether oxygens (including phenoxy) is 1. The average molecular weight is 551 g/mol. The molecule has 8 nitrogen and oxygen atoms in total. The molecule has 2 unspecified atom stereocenters. The summed E-state index contributed by atoms with van der Waals surface area (Å²) in [7, 11) is 0. The molecule has 0 amide bonds. The van der Waals surface area contributed by atoms with Gasteiger partial charge in [0.05, 0.1) is 5.54 Å². The zero-order valence-electron chi connectivity index (χ0n) is 23.6. The zero-order valence-corrected chi connectivity index (χ0v) is 23.6. The Labute approximate surface area is 241 Å². The lowest BCUT2D eigenvalue weighted by Gasteiger charge is -2.40. The van der Waals surface area contributed by atoms with Gasteiger partial charge in [0.2, 0.25) is 5.88 Å². The van der Waals surface area contributed by atoms with Crippen LogP contribution in [0.2, 0.25) is 0 Å². The molecule has 2 bridgehead atoms. The molecule has 4 fully saturated rings. The number of nitrogens with zero attached hydrogens (tertiary/aromatic N) is 5. The van der Waals surface area contributed by atoms with Crippen LogP contribution in [0.25, 0.3) is 10.8 Å². The lowest BCUT2D eigenvalue weighted by atomic mass is 9.93. The molecule has 1 aromatic heterocycles. The van der Waals surface area contributed by atoms with Crippen molar-refractivity contribution < 1.29 is 9.84 Å². The maximum Gasteiger partial charge on any atom is 0.234 e. The Hall–Kier alpha value is -3.54. The standard InChI is InChI=1S/C33H38N6O2/c34-17-28-29-20-37(30-16-25(40)15-22-5-1-2-6-26(22)30)14-9-27(29)31(39-23-7-8-24(39)19-35-18-23)36-32(28)41-21-33-10-3-12-38(33)13-4-11-33/h1-2,5-6,15-16,23-24,35,40H,3-4,7-14,18-21H2. The van der Waals surface area contributed by atoms with Crippen LogP contribution in [0.1, 0.15) is 55.2 Å². The van der Waals surface area contributed by atoms with E-state index in [2.05, 4.69) is 32.2 Å². The number of pyridine rings is 1. The number of aromatic nitrogens is 1. The van der Waals surface area contributed by atoms with E-state index < -0.39 is 0 Å². The molecule has 2 N–H and O–H groups in total. The van der Waals surface area contributed by atoms with Crippen LogP contribution in [0.15, 0.2) is 36.4 Å². The van der Waals surface area contributed by atoms with Gasteiger partial charge in [-0.25, -0.2) is 0 Å². The van der Waals surface area contributed by atoms with Gasteiger partial charge in [0.1, 0.15) is 29.8 Å². The molecular weight excluding hydrogens is 512 g/mol. The van der Waals surface area contributed by atoms with Crippen molar-refractivity contribution in [2.75, 3.05) is 49.1 Å². The normalized spacial score (nSPS) is 24.9. The first-order valence-corrected chi connectivity index (χ1v) is 15.4. The number of piperazine rings is 1. The predicted octanol–water partition coefficient (Wildman–Crippen LogP) is 4.32. The van der Waals surface area contributed by atoms with Gasteiger partial charge in [-0.3, -0.25) is 4.90 Å². The molecule has 0 aliphatic carbocycles. The van der Waals surface area contributed by atoms with E-state index in [1.54, 1.807) is 0 Å². The van der Waals surface area contributed by atoms with Gasteiger partial charge < -0.3 is 25.0 Å². The van der Waals surface area contributed by atoms with Gasteiger partial charge in [0.25, 0.3) is 0 Å². The van der Waals surface area contributed by atoms with Gasteiger partial charge >= 0.3 is 0 Å². The quantitative estimate of drug-likeness (QED) is 0.486. The Morgan fingerprint density at radius 2 is 1.83 bits per heavy atom. The summed E-state index contributed by atoms with van der Waals surface area (Å²) < 4.78 is 6.66. The highest BCUT2D eigenvalue weighted by atomic mass is 16.5. The number of benzene rings is 2. The average Bonchev–Trinajstić information content (AvgIpc) is 3.65. The van der Waals surface area contributed by atoms with Gasteiger partial charge in [-0.15, -0.1) is 0 Å². The Bertz CT molecular complexity index is 1520. The van der Waals surface area contributed by atoms with Crippen molar-refractivity contribution in [2.24, 2.45) is 0 Å². The number of nitriles is 1. The molecule has 5 aliphatic rings. The molecule has 5 aliphatic heterocycles. The number of fused-ring (bicyclic) bond motifs is 5. The van der Waals surface area contributed by atoms with Crippen LogP contribution < -0.4 is 19.9 Å². The highest BCUT2D eigenvalue weighted by Crippen LogP contribution is 2.44. The van der Waals surface area contributed by atoms with Gasteiger partial charge in [-0.2, -0.15) is 10.2 Å². The smallest absolute Gasteiger partial charge is 0.234 e. The fraction of sp³-hybridized carbons (Fsp3) is 0.515. The van der Waals surface area contributed by atoms with E-state index in [0.717, 1.165) is 79.8 Å². The molecule has 4 saturated heterocycles. The molecule has 41 heavy (non-hydrogen) atoms. The second kappa shape index (κ2) is 9.78. The van der Waals surface area contributed by atoms with Crippen LogP contribution in [0.3, 0.4) is 0 Å². The number of aromatic hydroxyl groups is 1. The fourth-order valence-electron chi connectivity index (χ4n) is 8.55. The third-order valence-corrected chi connectivity index (χ3v) is 10.5. The summed E-state index contributed by atoms with van der Waals surface area (Å²) in [6.45, 7) is 6.24. The number of hydrogen-bond donors (Lipinski definition) is 2. The van der Waals surface area contributed by atoms with E-state index in [0.29, 0.717) is 36.7 Å².